The monoisotopic (exact) mass is 321 g/mol. The maximum absolute atomic E-state index is 11.9. The summed E-state index contributed by atoms with van der Waals surface area (Å²) in [5.74, 6) is -0.955. The number of urea groups is 1. The zero-order chi connectivity index (χ0) is 17.2. The topological polar surface area (TPSA) is 81.7 Å². The van der Waals surface area contributed by atoms with Gasteiger partial charge in [-0.1, -0.05) is 25.5 Å². The number of nitrogens with one attached hydrogen (secondary N) is 2. The van der Waals surface area contributed by atoms with Crippen molar-refractivity contribution >= 4 is 12.0 Å². The van der Waals surface area contributed by atoms with E-state index in [9.17, 15) is 9.59 Å². The minimum Gasteiger partial charge on any atom is -0.478 e. The van der Waals surface area contributed by atoms with Gasteiger partial charge < -0.3 is 20.6 Å². The lowest BCUT2D eigenvalue weighted by Crippen LogP contribution is -2.45. The van der Waals surface area contributed by atoms with Gasteiger partial charge in [-0.15, -0.1) is 0 Å². The number of benzene rings is 1. The third-order valence-electron chi connectivity index (χ3n) is 3.51. The Bertz CT molecular complexity index is 502. The lowest BCUT2D eigenvalue weighted by Gasteiger charge is -2.22. The van der Waals surface area contributed by atoms with Crippen LogP contribution in [0.4, 0.5) is 4.79 Å². The Morgan fingerprint density at radius 2 is 1.91 bits per heavy atom. The number of carbonyl (C=O) groups excluding carboxylic acids is 1. The number of hydrogen-bond acceptors (Lipinski definition) is 3. The molecule has 0 bridgehead atoms. The summed E-state index contributed by atoms with van der Waals surface area (Å²) in [6.45, 7) is 6.33. The molecule has 3 N–H and O–H groups in total. The van der Waals surface area contributed by atoms with Crippen molar-refractivity contribution in [2.45, 2.75) is 39.3 Å². The van der Waals surface area contributed by atoms with Crippen LogP contribution in [-0.2, 0) is 6.54 Å². The Hall–Kier alpha value is -2.08. The van der Waals surface area contributed by atoms with Crippen LogP contribution in [0.2, 0.25) is 0 Å². The van der Waals surface area contributed by atoms with E-state index in [1.54, 1.807) is 12.1 Å². The normalized spacial score (nSPS) is 12.0. The van der Waals surface area contributed by atoms with Crippen molar-refractivity contribution in [3.63, 3.8) is 0 Å². The van der Waals surface area contributed by atoms with Crippen molar-refractivity contribution in [3.8, 4) is 0 Å². The van der Waals surface area contributed by atoms with Crippen LogP contribution >= 0.6 is 0 Å². The van der Waals surface area contributed by atoms with Gasteiger partial charge in [-0.05, 0) is 44.6 Å². The summed E-state index contributed by atoms with van der Waals surface area (Å²) in [7, 11) is 2.05. The first-order valence-corrected chi connectivity index (χ1v) is 7.97. The number of amides is 2. The van der Waals surface area contributed by atoms with Crippen LogP contribution < -0.4 is 10.6 Å². The van der Waals surface area contributed by atoms with Gasteiger partial charge in [-0.25, -0.2) is 9.59 Å². The van der Waals surface area contributed by atoms with E-state index < -0.39 is 5.97 Å². The van der Waals surface area contributed by atoms with E-state index in [2.05, 4.69) is 29.5 Å². The van der Waals surface area contributed by atoms with E-state index in [1.165, 1.54) is 12.1 Å². The number of rotatable bonds is 9. The lowest BCUT2D eigenvalue weighted by atomic mass is 10.1. The average Bonchev–Trinajstić information content (AvgIpc) is 2.51. The number of unbranched alkanes of at least 4 members (excludes halogenated alkanes) is 1. The minimum absolute atomic E-state index is 0.0613. The molecule has 0 unspecified atom stereocenters. The molecule has 0 saturated carbocycles. The van der Waals surface area contributed by atoms with E-state index in [0.29, 0.717) is 6.54 Å². The Balaban J connectivity index is 2.31. The number of aromatic carboxylic acids is 1. The van der Waals surface area contributed by atoms with Crippen LogP contribution in [0.3, 0.4) is 0 Å². The largest absolute Gasteiger partial charge is 0.478 e. The van der Waals surface area contributed by atoms with E-state index in [-0.39, 0.29) is 17.6 Å². The molecule has 0 aliphatic heterocycles. The number of carbonyl (C=O) groups is 2. The first-order chi connectivity index (χ1) is 10.9. The maximum Gasteiger partial charge on any atom is 0.335 e. The zero-order valence-corrected chi connectivity index (χ0v) is 14.1. The highest BCUT2D eigenvalue weighted by Gasteiger charge is 2.09. The first kappa shape index (κ1) is 19.0. The van der Waals surface area contributed by atoms with Gasteiger partial charge >= 0.3 is 12.0 Å². The highest BCUT2D eigenvalue weighted by molar-refractivity contribution is 5.87. The molecule has 2 amide bonds. The number of carboxylic acid groups (broad SMARTS) is 1. The highest BCUT2D eigenvalue weighted by atomic mass is 16.4. The van der Waals surface area contributed by atoms with Gasteiger partial charge in [0, 0.05) is 19.1 Å². The van der Waals surface area contributed by atoms with E-state index in [4.69, 9.17) is 5.11 Å². The van der Waals surface area contributed by atoms with Crippen molar-refractivity contribution in [3.05, 3.63) is 35.4 Å². The third kappa shape index (κ3) is 7.65. The molecule has 0 aliphatic rings. The average molecular weight is 321 g/mol. The maximum atomic E-state index is 11.9. The van der Waals surface area contributed by atoms with E-state index >= 15 is 0 Å². The number of likely N-dealkylation sites (N-methyl/N-ethyl adjacent to an activating group) is 1. The molecule has 0 radical (unpaired) electrons. The van der Waals surface area contributed by atoms with Gasteiger partial charge in [0.1, 0.15) is 0 Å². The fourth-order valence-corrected chi connectivity index (χ4v) is 2.25. The lowest BCUT2D eigenvalue weighted by molar-refractivity contribution is 0.0697. The second kappa shape index (κ2) is 9.84. The standard InChI is InChI=1S/C17H27N3O3/c1-4-5-10-20(3)12-13(2)19-17(23)18-11-14-6-8-15(9-7-14)16(21)22/h6-9,13H,4-5,10-12H2,1-3H3,(H,21,22)(H2,18,19,23)/t13-/m0/s1. The molecule has 0 aromatic heterocycles. The second-order valence-corrected chi connectivity index (χ2v) is 5.85. The van der Waals surface area contributed by atoms with E-state index in [1.807, 2.05) is 6.92 Å². The molecule has 0 spiro atoms. The molecule has 6 heteroatoms. The molecule has 1 aromatic rings. The molecule has 0 saturated heterocycles. The third-order valence-corrected chi connectivity index (χ3v) is 3.51. The van der Waals surface area contributed by atoms with Gasteiger partial charge in [0.2, 0.25) is 0 Å². The van der Waals surface area contributed by atoms with Crippen molar-refractivity contribution in [1.82, 2.24) is 15.5 Å². The van der Waals surface area contributed by atoms with Gasteiger partial charge in [0.05, 0.1) is 5.56 Å². The molecule has 1 aromatic carbocycles. The summed E-state index contributed by atoms with van der Waals surface area (Å²) in [5.41, 5.74) is 1.10. The SMILES string of the molecule is CCCCN(C)C[C@H](C)NC(=O)NCc1ccc(C(=O)O)cc1. The Kier molecular flexibility index (Phi) is 8.11. The zero-order valence-electron chi connectivity index (χ0n) is 14.1. The Morgan fingerprint density at radius 3 is 2.48 bits per heavy atom. The summed E-state index contributed by atoms with van der Waals surface area (Å²) in [4.78, 5) is 24.8. The molecule has 128 valence electrons. The fourth-order valence-electron chi connectivity index (χ4n) is 2.25. The van der Waals surface area contributed by atoms with Crippen molar-refractivity contribution in [2.75, 3.05) is 20.1 Å². The molecule has 1 atom stereocenters. The van der Waals surface area contributed by atoms with Gasteiger partial charge in [-0.3, -0.25) is 0 Å². The minimum atomic E-state index is -0.955. The van der Waals surface area contributed by atoms with Crippen LogP contribution in [0.5, 0.6) is 0 Å². The second-order valence-electron chi connectivity index (χ2n) is 5.85. The summed E-state index contributed by atoms with van der Waals surface area (Å²) in [6.07, 6.45) is 2.31. The first-order valence-electron chi connectivity index (χ1n) is 7.97. The van der Waals surface area contributed by atoms with Crippen LogP contribution in [0.1, 0.15) is 42.6 Å². The number of carboxylic acids is 1. The predicted octanol–water partition coefficient (Wildman–Crippen LogP) is 2.30. The van der Waals surface area contributed by atoms with E-state index in [0.717, 1.165) is 31.5 Å². The van der Waals surface area contributed by atoms with Crippen molar-refractivity contribution < 1.29 is 14.7 Å². The van der Waals surface area contributed by atoms with Crippen LogP contribution in [0.15, 0.2) is 24.3 Å². The fraction of sp³-hybridized carbons (Fsp3) is 0.529. The molecule has 0 fully saturated rings. The molecule has 0 aliphatic carbocycles. The summed E-state index contributed by atoms with van der Waals surface area (Å²) >= 11 is 0. The Labute approximate surface area is 137 Å². The van der Waals surface area contributed by atoms with Gasteiger partial charge in [0.15, 0.2) is 0 Å². The smallest absolute Gasteiger partial charge is 0.335 e. The summed E-state index contributed by atoms with van der Waals surface area (Å²) < 4.78 is 0. The van der Waals surface area contributed by atoms with Crippen LogP contribution in [0, 0.1) is 0 Å². The summed E-state index contributed by atoms with van der Waals surface area (Å²) in [6, 6.07) is 6.30. The van der Waals surface area contributed by atoms with Crippen LogP contribution in [0.25, 0.3) is 0 Å². The van der Waals surface area contributed by atoms with Crippen molar-refractivity contribution in [1.29, 1.82) is 0 Å². The highest BCUT2D eigenvalue weighted by Crippen LogP contribution is 2.04. The summed E-state index contributed by atoms with van der Waals surface area (Å²) in [5, 5.41) is 14.5. The molecule has 1 rings (SSSR count). The molecular formula is C17H27N3O3. The van der Waals surface area contributed by atoms with Crippen molar-refractivity contribution in [2.24, 2.45) is 0 Å². The molecular weight excluding hydrogens is 294 g/mol. The quantitative estimate of drug-likeness (QED) is 0.652. The molecule has 6 nitrogen and oxygen atoms in total. The molecule has 0 heterocycles. The van der Waals surface area contributed by atoms with Crippen LogP contribution in [-0.4, -0.2) is 48.2 Å². The predicted molar refractivity (Wildman–Crippen MR) is 90.6 cm³/mol. The van der Waals surface area contributed by atoms with Gasteiger partial charge in [-0.2, -0.15) is 0 Å². The molecule has 23 heavy (non-hydrogen) atoms. The van der Waals surface area contributed by atoms with Gasteiger partial charge in [0.25, 0.3) is 0 Å². The number of hydrogen-bond donors (Lipinski definition) is 3. The number of nitrogens with zero attached hydrogens (tertiary/aromatic N) is 1. The Morgan fingerprint density at radius 1 is 1.26 bits per heavy atom.